The van der Waals surface area contributed by atoms with Crippen LogP contribution in [0.25, 0.3) is 5.57 Å². The summed E-state index contributed by atoms with van der Waals surface area (Å²) in [6.45, 7) is 1.86. The zero-order valence-corrected chi connectivity index (χ0v) is 9.21. The molecule has 1 atom stereocenters. The second-order valence-corrected chi connectivity index (χ2v) is 4.07. The van der Waals surface area contributed by atoms with E-state index in [9.17, 15) is 4.79 Å². The smallest absolute Gasteiger partial charge is 0.354 e. The van der Waals surface area contributed by atoms with Gasteiger partial charge >= 0.3 is 5.97 Å². The van der Waals surface area contributed by atoms with Gasteiger partial charge in [0.1, 0.15) is 5.71 Å². The number of rotatable bonds is 1. The Balaban J connectivity index is 2.18. The van der Waals surface area contributed by atoms with Crippen molar-refractivity contribution in [1.29, 1.82) is 0 Å². The Kier molecular flexibility index (Phi) is 1.98. The lowest BCUT2D eigenvalue weighted by molar-refractivity contribution is -0.129. The molecule has 0 amide bonds. The molecule has 0 spiro atoms. The fraction of sp³-hybridized carbons (Fsp3) is 0.154. The van der Waals surface area contributed by atoms with E-state index < -0.39 is 5.97 Å². The molecule has 1 unspecified atom stereocenters. The van der Waals surface area contributed by atoms with Gasteiger partial charge in [0.2, 0.25) is 0 Å². The number of aliphatic imine (C=N–C) groups is 2. The van der Waals surface area contributed by atoms with Gasteiger partial charge in [0, 0.05) is 11.1 Å². The highest BCUT2D eigenvalue weighted by molar-refractivity contribution is 6.48. The minimum Gasteiger partial charge on any atom is -0.477 e. The third-order valence-electron chi connectivity index (χ3n) is 2.94. The number of aliphatic carboxylic acids is 1. The highest BCUT2D eigenvalue weighted by Gasteiger charge is 2.29. The molecule has 4 nitrogen and oxygen atoms in total. The van der Waals surface area contributed by atoms with Gasteiger partial charge in [-0.1, -0.05) is 18.2 Å². The molecule has 2 aliphatic heterocycles. The number of nitrogens with zero attached hydrogens (tertiary/aromatic N) is 2. The van der Waals surface area contributed by atoms with Crippen LogP contribution in [0.5, 0.6) is 0 Å². The molecular weight excluding hydrogens is 216 g/mol. The average molecular weight is 226 g/mol. The lowest BCUT2D eigenvalue weighted by Crippen LogP contribution is -2.25. The third kappa shape index (κ3) is 1.41. The Labute approximate surface area is 98.0 Å². The molecule has 1 aromatic carbocycles. The van der Waals surface area contributed by atoms with E-state index in [1.807, 2.05) is 31.2 Å². The van der Waals surface area contributed by atoms with Crippen molar-refractivity contribution >= 4 is 28.7 Å². The van der Waals surface area contributed by atoms with E-state index in [-0.39, 0.29) is 11.8 Å². The second-order valence-electron chi connectivity index (χ2n) is 4.07. The molecule has 17 heavy (non-hydrogen) atoms. The molecule has 4 heteroatoms. The van der Waals surface area contributed by atoms with Crippen LogP contribution in [0, 0.1) is 0 Å². The zero-order valence-electron chi connectivity index (χ0n) is 9.21. The third-order valence-corrected chi connectivity index (χ3v) is 2.94. The van der Waals surface area contributed by atoms with Crippen LogP contribution >= 0.6 is 0 Å². The van der Waals surface area contributed by atoms with Crippen molar-refractivity contribution < 1.29 is 9.90 Å². The number of carboxylic acid groups (broad SMARTS) is 1. The van der Waals surface area contributed by atoms with Crippen LogP contribution in [0.1, 0.15) is 12.5 Å². The number of dihydropyridines is 1. The fourth-order valence-corrected chi connectivity index (χ4v) is 2.16. The normalized spacial score (nSPS) is 21.0. The summed E-state index contributed by atoms with van der Waals surface area (Å²) in [5.41, 5.74) is 3.73. The van der Waals surface area contributed by atoms with E-state index in [0.29, 0.717) is 0 Å². The quantitative estimate of drug-likeness (QED) is 0.796. The standard InChI is InChI=1S/C13H10N2O2/c1-7-12-9(6-11(14-7)13(16)17)8-4-2-3-5-10(8)15-12/h2-7H,1H3,(H,16,17). The van der Waals surface area contributed by atoms with Gasteiger partial charge in [0.05, 0.1) is 17.4 Å². The minimum atomic E-state index is -0.993. The molecular formula is C13H10N2O2. The first-order valence-electron chi connectivity index (χ1n) is 5.38. The summed E-state index contributed by atoms with van der Waals surface area (Å²) in [6.07, 6.45) is 1.60. The Hall–Kier alpha value is -2.23. The first-order valence-corrected chi connectivity index (χ1v) is 5.38. The molecule has 0 fully saturated rings. The number of carboxylic acids is 1. The Morgan fingerprint density at radius 2 is 2.12 bits per heavy atom. The van der Waals surface area contributed by atoms with E-state index in [1.165, 1.54) is 0 Å². The average Bonchev–Trinajstić information content (AvgIpc) is 2.68. The number of hydrogen-bond acceptors (Lipinski definition) is 3. The second kappa shape index (κ2) is 3.38. The predicted octanol–water partition coefficient (Wildman–Crippen LogP) is 2.08. The molecule has 0 bridgehead atoms. The van der Waals surface area contributed by atoms with Crippen LogP contribution in [0.3, 0.4) is 0 Å². The van der Waals surface area contributed by atoms with Gasteiger partial charge in [0.25, 0.3) is 0 Å². The van der Waals surface area contributed by atoms with E-state index >= 15 is 0 Å². The van der Waals surface area contributed by atoms with Crippen molar-refractivity contribution in [3.05, 3.63) is 35.9 Å². The van der Waals surface area contributed by atoms with Crippen LogP contribution in [0.15, 0.2) is 40.3 Å². The van der Waals surface area contributed by atoms with E-state index in [0.717, 1.165) is 22.5 Å². The van der Waals surface area contributed by atoms with Crippen molar-refractivity contribution in [3.8, 4) is 0 Å². The highest BCUT2D eigenvalue weighted by Crippen LogP contribution is 2.37. The summed E-state index contributed by atoms with van der Waals surface area (Å²) in [6, 6.07) is 7.52. The summed E-state index contributed by atoms with van der Waals surface area (Å²) in [7, 11) is 0. The maximum Gasteiger partial charge on any atom is 0.354 e. The monoisotopic (exact) mass is 226 g/mol. The summed E-state index contributed by atoms with van der Waals surface area (Å²) >= 11 is 0. The first-order chi connectivity index (χ1) is 8.16. The number of fused-ring (bicyclic) bond motifs is 3. The molecule has 0 aliphatic carbocycles. The lowest BCUT2D eigenvalue weighted by Gasteiger charge is -2.15. The van der Waals surface area contributed by atoms with Crippen molar-refractivity contribution in [2.45, 2.75) is 13.0 Å². The summed E-state index contributed by atoms with van der Waals surface area (Å²) in [5.74, 6) is -0.993. The Bertz CT molecular complexity index is 612. The number of carbonyl (C=O) groups is 1. The summed E-state index contributed by atoms with van der Waals surface area (Å²) in [4.78, 5) is 19.6. The van der Waals surface area contributed by atoms with Gasteiger partial charge in [-0.2, -0.15) is 0 Å². The van der Waals surface area contributed by atoms with Crippen LogP contribution in [-0.4, -0.2) is 28.5 Å². The van der Waals surface area contributed by atoms with Crippen LogP contribution < -0.4 is 0 Å². The molecule has 0 aromatic heterocycles. The van der Waals surface area contributed by atoms with E-state index in [1.54, 1.807) is 6.08 Å². The van der Waals surface area contributed by atoms with Crippen LogP contribution in [-0.2, 0) is 4.79 Å². The van der Waals surface area contributed by atoms with Gasteiger partial charge in [0.15, 0.2) is 0 Å². The van der Waals surface area contributed by atoms with Crippen molar-refractivity contribution in [2.24, 2.45) is 9.98 Å². The summed E-state index contributed by atoms with van der Waals surface area (Å²) < 4.78 is 0. The molecule has 0 radical (unpaired) electrons. The SMILES string of the molecule is CC1N=C(C(=O)O)C=C2C1=Nc1ccccc12. The number of para-hydroxylation sites is 1. The van der Waals surface area contributed by atoms with Gasteiger partial charge in [-0.05, 0) is 19.1 Å². The van der Waals surface area contributed by atoms with Crippen molar-refractivity contribution in [3.63, 3.8) is 0 Å². The molecule has 2 aliphatic rings. The molecule has 84 valence electrons. The van der Waals surface area contributed by atoms with Crippen LogP contribution in [0.4, 0.5) is 5.69 Å². The van der Waals surface area contributed by atoms with Gasteiger partial charge in [-0.15, -0.1) is 0 Å². The molecule has 0 saturated heterocycles. The first kappa shape index (κ1) is 9.96. The Morgan fingerprint density at radius 1 is 1.35 bits per heavy atom. The largest absolute Gasteiger partial charge is 0.477 e. The summed E-state index contributed by atoms with van der Waals surface area (Å²) in [5, 5.41) is 9.01. The van der Waals surface area contributed by atoms with Crippen molar-refractivity contribution in [1.82, 2.24) is 0 Å². The topological polar surface area (TPSA) is 62.0 Å². The molecule has 1 aromatic rings. The minimum absolute atomic E-state index is 0.100. The number of benzene rings is 1. The van der Waals surface area contributed by atoms with E-state index in [4.69, 9.17) is 5.11 Å². The van der Waals surface area contributed by atoms with Crippen LogP contribution in [0.2, 0.25) is 0 Å². The Morgan fingerprint density at radius 3 is 2.88 bits per heavy atom. The zero-order chi connectivity index (χ0) is 12.0. The molecule has 1 N–H and O–H groups in total. The van der Waals surface area contributed by atoms with Gasteiger partial charge < -0.3 is 5.11 Å². The molecule has 3 rings (SSSR count). The van der Waals surface area contributed by atoms with Gasteiger partial charge in [-0.25, -0.2) is 9.79 Å². The maximum atomic E-state index is 11.0. The highest BCUT2D eigenvalue weighted by atomic mass is 16.4. The predicted molar refractivity (Wildman–Crippen MR) is 66.0 cm³/mol. The van der Waals surface area contributed by atoms with Gasteiger partial charge in [-0.3, -0.25) is 4.99 Å². The molecule has 2 heterocycles. The lowest BCUT2D eigenvalue weighted by atomic mass is 9.95. The number of hydrogen-bond donors (Lipinski definition) is 1. The van der Waals surface area contributed by atoms with Crippen molar-refractivity contribution in [2.75, 3.05) is 0 Å². The maximum absolute atomic E-state index is 11.0. The van der Waals surface area contributed by atoms with E-state index in [2.05, 4.69) is 9.98 Å². The fourth-order valence-electron chi connectivity index (χ4n) is 2.16. The molecule has 0 saturated carbocycles.